The second-order valence-electron chi connectivity index (χ2n) is 6.08. The van der Waals surface area contributed by atoms with Crippen molar-refractivity contribution in [3.63, 3.8) is 0 Å². The van der Waals surface area contributed by atoms with E-state index < -0.39 is 40.7 Å². The van der Waals surface area contributed by atoms with Crippen LogP contribution in [0.3, 0.4) is 0 Å². The maximum Gasteiger partial charge on any atom is 0.327 e. The van der Waals surface area contributed by atoms with E-state index in [1.165, 1.54) is 19.1 Å². The maximum atomic E-state index is 12.5. The fourth-order valence-electron chi connectivity index (χ4n) is 2.18. The van der Waals surface area contributed by atoms with Crippen LogP contribution in [0.5, 0.6) is 0 Å². The monoisotopic (exact) mass is 494 g/mol. The van der Waals surface area contributed by atoms with E-state index in [1.54, 1.807) is 24.3 Å². The minimum atomic E-state index is -4.25. The molecule has 0 aromatic heterocycles. The van der Waals surface area contributed by atoms with Gasteiger partial charge in [-0.1, -0.05) is 34.8 Å². The van der Waals surface area contributed by atoms with Crippen molar-refractivity contribution < 1.29 is 27.9 Å². The number of nitrogens with one attached hydrogen (secondary N) is 2. The number of sulfonamides is 1. The van der Waals surface area contributed by atoms with Gasteiger partial charge in [-0.15, -0.1) is 0 Å². The molecule has 0 spiro atoms. The molecule has 12 heteroatoms. The van der Waals surface area contributed by atoms with Crippen molar-refractivity contribution in [2.24, 2.45) is 0 Å². The van der Waals surface area contributed by atoms with E-state index >= 15 is 0 Å². The largest absolute Gasteiger partial charge is 0.454 e. The number of halogens is 3. The van der Waals surface area contributed by atoms with Crippen molar-refractivity contribution >= 4 is 62.4 Å². The molecule has 0 radical (unpaired) electrons. The molecule has 2 aromatic carbocycles. The molecule has 1 amide bonds. The van der Waals surface area contributed by atoms with E-state index in [2.05, 4.69) is 5.32 Å². The molecule has 0 saturated carbocycles. The Bertz CT molecular complexity index is 1030. The van der Waals surface area contributed by atoms with E-state index in [0.29, 0.717) is 10.7 Å². The molecule has 0 heterocycles. The predicted molar refractivity (Wildman–Crippen MR) is 113 cm³/mol. The van der Waals surface area contributed by atoms with Gasteiger partial charge in [0.05, 0.1) is 21.0 Å². The van der Waals surface area contributed by atoms with Crippen LogP contribution in [-0.2, 0) is 24.3 Å². The average molecular weight is 496 g/mol. The molecule has 0 aliphatic carbocycles. The topological polar surface area (TPSA) is 122 Å². The summed E-state index contributed by atoms with van der Waals surface area (Å²) in [5.74, 6) is -1.80. The summed E-state index contributed by atoms with van der Waals surface area (Å²) >= 11 is 17.3. The molecule has 0 fully saturated rings. The highest BCUT2D eigenvalue weighted by atomic mass is 35.5. The summed E-state index contributed by atoms with van der Waals surface area (Å²) in [6.07, 6.45) is -1.45. The van der Waals surface area contributed by atoms with Crippen molar-refractivity contribution in [2.75, 3.05) is 11.9 Å². The Morgan fingerprint density at radius 2 is 1.70 bits per heavy atom. The van der Waals surface area contributed by atoms with Crippen molar-refractivity contribution in [3.05, 3.63) is 57.5 Å². The molecular formula is C18H17Cl3N2O6S. The summed E-state index contributed by atoms with van der Waals surface area (Å²) in [6.45, 7) is 0.496. The van der Waals surface area contributed by atoms with Crippen molar-refractivity contribution in [1.29, 1.82) is 0 Å². The van der Waals surface area contributed by atoms with Crippen LogP contribution in [0.25, 0.3) is 0 Å². The normalized spacial score (nSPS) is 13.4. The first-order valence-electron chi connectivity index (χ1n) is 8.37. The first-order chi connectivity index (χ1) is 14.0. The Hall–Kier alpha value is -1.88. The van der Waals surface area contributed by atoms with Gasteiger partial charge in [0.25, 0.3) is 5.91 Å². The van der Waals surface area contributed by atoms with Crippen LogP contribution in [0.15, 0.2) is 47.4 Å². The molecule has 0 aliphatic rings. The predicted octanol–water partition coefficient (Wildman–Crippen LogP) is 2.86. The maximum absolute atomic E-state index is 12.5. The zero-order chi connectivity index (χ0) is 22.5. The summed E-state index contributed by atoms with van der Waals surface area (Å²) in [7, 11) is -4.25. The first-order valence-corrected chi connectivity index (χ1v) is 11.0. The van der Waals surface area contributed by atoms with Gasteiger partial charge in [-0.25, -0.2) is 8.42 Å². The molecular weight excluding hydrogens is 479 g/mol. The third kappa shape index (κ3) is 6.83. The standard InChI is InChI=1S/C18H17Cl3N2O6S/c1-10(24)17(23-30(27,28)13-6-7-14(20)15(21)8-13)18(26)29-9-16(25)22-12-4-2-11(19)3-5-12/h2-8,10,17,23-24H,9H2,1H3,(H,22,25). The molecule has 2 atom stereocenters. The number of aliphatic hydroxyl groups excluding tert-OH is 1. The number of aliphatic hydroxyl groups is 1. The third-order valence-electron chi connectivity index (χ3n) is 3.69. The van der Waals surface area contributed by atoms with E-state index in [-0.39, 0.29) is 14.9 Å². The van der Waals surface area contributed by atoms with Crippen LogP contribution in [0.1, 0.15) is 6.92 Å². The number of carbonyl (C=O) groups is 2. The van der Waals surface area contributed by atoms with Crippen LogP contribution >= 0.6 is 34.8 Å². The first kappa shape index (κ1) is 24.4. The number of carbonyl (C=O) groups excluding carboxylic acids is 2. The second kappa shape index (κ2) is 10.4. The van der Waals surface area contributed by atoms with Gasteiger partial charge in [0.2, 0.25) is 10.0 Å². The molecule has 0 aliphatic heterocycles. The lowest BCUT2D eigenvalue weighted by Gasteiger charge is -2.20. The van der Waals surface area contributed by atoms with Crippen LogP contribution in [-0.4, -0.2) is 44.2 Å². The Balaban J connectivity index is 2.02. The van der Waals surface area contributed by atoms with Gasteiger partial charge >= 0.3 is 5.97 Å². The second-order valence-corrected chi connectivity index (χ2v) is 9.04. The number of ether oxygens (including phenoxy) is 1. The lowest BCUT2D eigenvalue weighted by Crippen LogP contribution is -2.48. The number of esters is 1. The number of hydrogen-bond acceptors (Lipinski definition) is 6. The van der Waals surface area contributed by atoms with Gasteiger partial charge in [-0.3, -0.25) is 9.59 Å². The molecule has 30 heavy (non-hydrogen) atoms. The summed E-state index contributed by atoms with van der Waals surface area (Å²) in [6, 6.07) is 8.10. The molecule has 2 rings (SSSR count). The van der Waals surface area contributed by atoms with E-state index in [1.807, 2.05) is 4.72 Å². The minimum Gasteiger partial charge on any atom is -0.454 e. The fraction of sp³-hybridized carbons (Fsp3) is 0.222. The third-order valence-corrected chi connectivity index (χ3v) is 6.12. The van der Waals surface area contributed by atoms with Crippen LogP contribution in [0.4, 0.5) is 5.69 Å². The Morgan fingerprint density at radius 3 is 2.27 bits per heavy atom. The molecule has 0 bridgehead atoms. The summed E-state index contributed by atoms with van der Waals surface area (Å²) in [4.78, 5) is 23.9. The Morgan fingerprint density at radius 1 is 1.07 bits per heavy atom. The van der Waals surface area contributed by atoms with Gasteiger partial charge in [-0.2, -0.15) is 4.72 Å². The Labute approximate surface area is 188 Å². The lowest BCUT2D eigenvalue weighted by atomic mass is 10.2. The number of amides is 1. The zero-order valence-electron chi connectivity index (χ0n) is 15.4. The summed E-state index contributed by atoms with van der Waals surface area (Å²) in [5, 5.41) is 12.9. The number of anilines is 1. The van der Waals surface area contributed by atoms with Gasteiger partial charge in [-0.05, 0) is 49.4 Å². The molecule has 8 nitrogen and oxygen atoms in total. The smallest absolute Gasteiger partial charge is 0.327 e. The Kier molecular flexibility index (Phi) is 8.48. The highest BCUT2D eigenvalue weighted by Crippen LogP contribution is 2.25. The van der Waals surface area contributed by atoms with Crippen LogP contribution in [0, 0.1) is 0 Å². The van der Waals surface area contributed by atoms with Gasteiger partial charge in [0.15, 0.2) is 6.61 Å². The van der Waals surface area contributed by atoms with Crippen LogP contribution < -0.4 is 10.0 Å². The highest BCUT2D eigenvalue weighted by Gasteiger charge is 2.31. The van der Waals surface area contributed by atoms with Crippen molar-refractivity contribution in [1.82, 2.24) is 4.72 Å². The summed E-state index contributed by atoms with van der Waals surface area (Å²) in [5.41, 5.74) is 0.424. The van der Waals surface area contributed by atoms with Crippen molar-refractivity contribution in [2.45, 2.75) is 24.0 Å². The molecule has 3 N–H and O–H groups in total. The molecule has 2 aromatic rings. The van der Waals surface area contributed by atoms with Gasteiger partial charge in [0, 0.05) is 10.7 Å². The lowest BCUT2D eigenvalue weighted by molar-refractivity contribution is -0.151. The average Bonchev–Trinajstić information content (AvgIpc) is 2.68. The number of hydrogen-bond donors (Lipinski definition) is 3. The SMILES string of the molecule is CC(O)C(NS(=O)(=O)c1ccc(Cl)c(Cl)c1)C(=O)OCC(=O)Nc1ccc(Cl)cc1. The van der Waals surface area contributed by atoms with Crippen molar-refractivity contribution in [3.8, 4) is 0 Å². The van der Waals surface area contributed by atoms with Crippen LogP contribution in [0.2, 0.25) is 15.1 Å². The molecule has 0 saturated heterocycles. The van der Waals surface area contributed by atoms with E-state index in [4.69, 9.17) is 39.5 Å². The number of rotatable bonds is 8. The minimum absolute atomic E-state index is 0.00501. The highest BCUT2D eigenvalue weighted by molar-refractivity contribution is 7.89. The van der Waals surface area contributed by atoms with E-state index in [9.17, 15) is 23.1 Å². The fourth-order valence-corrected chi connectivity index (χ4v) is 3.95. The number of benzene rings is 2. The van der Waals surface area contributed by atoms with Gasteiger partial charge < -0.3 is 15.2 Å². The molecule has 2 unspecified atom stereocenters. The summed E-state index contributed by atoms with van der Waals surface area (Å²) < 4.78 is 31.9. The quantitative estimate of drug-likeness (QED) is 0.484. The molecule has 162 valence electrons. The van der Waals surface area contributed by atoms with Gasteiger partial charge in [0.1, 0.15) is 6.04 Å². The zero-order valence-corrected chi connectivity index (χ0v) is 18.5. The van der Waals surface area contributed by atoms with E-state index in [0.717, 1.165) is 6.07 Å².